The van der Waals surface area contributed by atoms with E-state index in [0.29, 0.717) is 20.9 Å². The smallest absolute Gasteiger partial charge is 0.177 e. The Balaban J connectivity index is 2.51. The van der Waals surface area contributed by atoms with E-state index < -0.39 is 9.84 Å². The highest BCUT2D eigenvalue weighted by molar-refractivity contribution is 7.90. The van der Waals surface area contributed by atoms with Crippen molar-refractivity contribution < 1.29 is 8.42 Å². The molecule has 0 aliphatic rings. The minimum Gasteiger partial charge on any atom is -0.344 e. The number of benzene rings is 1. The minimum atomic E-state index is -3.34. The SMILES string of the molecule is CS(=O)(=O)c1ccccc1Nc1s[nH]c(=S)c1C#N. The maximum atomic E-state index is 11.7. The molecule has 5 nitrogen and oxygen atoms in total. The van der Waals surface area contributed by atoms with Crippen LogP contribution in [0.1, 0.15) is 5.56 Å². The lowest BCUT2D eigenvalue weighted by atomic mass is 10.3. The number of H-pyrrole nitrogens is 1. The van der Waals surface area contributed by atoms with Gasteiger partial charge in [0.25, 0.3) is 0 Å². The highest BCUT2D eigenvalue weighted by atomic mass is 32.2. The maximum absolute atomic E-state index is 11.7. The van der Waals surface area contributed by atoms with E-state index in [0.717, 1.165) is 17.8 Å². The van der Waals surface area contributed by atoms with Crippen LogP contribution in [0.3, 0.4) is 0 Å². The molecule has 0 amide bonds. The predicted octanol–water partition coefficient (Wildman–Crippen LogP) is 2.82. The molecule has 0 aliphatic heterocycles. The van der Waals surface area contributed by atoms with Crippen LogP contribution in [0.4, 0.5) is 10.7 Å². The van der Waals surface area contributed by atoms with Crippen molar-refractivity contribution in [1.29, 1.82) is 5.26 Å². The van der Waals surface area contributed by atoms with Gasteiger partial charge < -0.3 is 5.32 Å². The number of hydrogen-bond donors (Lipinski definition) is 2. The van der Waals surface area contributed by atoms with Crippen LogP contribution in [0, 0.1) is 16.0 Å². The highest BCUT2D eigenvalue weighted by Crippen LogP contribution is 2.29. The van der Waals surface area contributed by atoms with Crippen molar-refractivity contribution in [2.24, 2.45) is 0 Å². The van der Waals surface area contributed by atoms with Crippen LogP contribution in [-0.2, 0) is 9.84 Å². The van der Waals surface area contributed by atoms with E-state index in [1.54, 1.807) is 18.2 Å². The van der Waals surface area contributed by atoms with Gasteiger partial charge in [0, 0.05) is 6.26 Å². The Kier molecular flexibility index (Phi) is 3.71. The fourth-order valence-electron chi connectivity index (χ4n) is 1.51. The summed E-state index contributed by atoms with van der Waals surface area (Å²) >= 11 is 6.13. The monoisotopic (exact) mass is 311 g/mol. The second-order valence-electron chi connectivity index (χ2n) is 3.74. The zero-order chi connectivity index (χ0) is 14.0. The number of aromatic nitrogens is 1. The molecule has 0 saturated carbocycles. The van der Waals surface area contributed by atoms with Crippen molar-refractivity contribution in [3.63, 3.8) is 0 Å². The van der Waals surface area contributed by atoms with Gasteiger partial charge in [-0.1, -0.05) is 24.4 Å². The first-order valence-electron chi connectivity index (χ1n) is 5.11. The first kappa shape index (κ1) is 13.7. The molecule has 98 valence electrons. The van der Waals surface area contributed by atoms with Crippen molar-refractivity contribution >= 4 is 44.3 Å². The van der Waals surface area contributed by atoms with Crippen molar-refractivity contribution in [1.82, 2.24) is 4.37 Å². The van der Waals surface area contributed by atoms with E-state index in [1.165, 1.54) is 6.07 Å². The molecule has 0 bridgehead atoms. The number of nitrogens with zero attached hydrogens (tertiary/aromatic N) is 1. The molecule has 1 aromatic heterocycles. The molecule has 2 aromatic rings. The molecule has 1 heterocycles. The Labute approximate surface area is 119 Å². The lowest BCUT2D eigenvalue weighted by Crippen LogP contribution is -2.02. The number of rotatable bonds is 3. The topological polar surface area (TPSA) is 85.8 Å². The molecule has 0 saturated heterocycles. The van der Waals surface area contributed by atoms with E-state index in [4.69, 9.17) is 17.5 Å². The van der Waals surface area contributed by atoms with Gasteiger partial charge in [0.05, 0.1) is 10.6 Å². The molecule has 8 heteroatoms. The second-order valence-corrected chi connectivity index (χ2v) is 6.95. The Hall–Kier alpha value is -1.69. The van der Waals surface area contributed by atoms with Gasteiger partial charge in [-0.3, -0.25) is 4.37 Å². The number of anilines is 2. The normalized spacial score (nSPS) is 10.9. The first-order chi connectivity index (χ1) is 8.93. The van der Waals surface area contributed by atoms with Crippen molar-refractivity contribution in [3.05, 3.63) is 34.5 Å². The average molecular weight is 311 g/mol. The van der Waals surface area contributed by atoms with Gasteiger partial charge in [0.1, 0.15) is 21.3 Å². The summed E-state index contributed by atoms with van der Waals surface area (Å²) < 4.78 is 26.5. The quantitative estimate of drug-likeness (QED) is 0.851. The number of sulfone groups is 1. The van der Waals surface area contributed by atoms with Crippen LogP contribution < -0.4 is 5.32 Å². The predicted molar refractivity (Wildman–Crippen MR) is 77.1 cm³/mol. The fourth-order valence-corrected chi connectivity index (χ4v) is 3.40. The minimum absolute atomic E-state index is 0.179. The summed E-state index contributed by atoms with van der Waals surface area (Å²) in [6.45, 7) is 0. The molecule has 2 rings (SSSR count). The number of para-hydroxylation sites is 1. The summed E-state index contributed by atoms with van der Waals surface area (Å²) in [6, 6.07) is 8.50. The number of aromatic amines is 1. The summed E-state index contributed by atoms with van der Waals surface area (Å²) in [5.74, 6) is 0. The molecule has 0 aliphatic carbocycles. The third kappa shape index (κ3) is 2.84. The number of nitriles is 1. The third-order valence-corrected chi connectivity index (χ3v) is 4.75. The molecule has 0 spiro atoms. The zero-order valence-electron chi connectivity index (χ0n) is 9.80. The van der Waals surface area contributed by atoms with Gasteiger partial charge in [0.2, 0.25) is 0 Å². The molecule has 0 radical (unpaired) electrons. The van der Waals surface area contributed by atoms with Gasteiger partial charge in [-0.15, -0.1) is 0 Å². The first-order valence-corrected chi connectivity index (χ1v) is 8.23. The summed E-state index contributed by atoms with van der Waals surface area (Å²) in [7, 11) is -3.34. The molecule has 19 heavy (non-hydrogen) atoms. The third-order valence-electron chi connectivity index (χ3n) is 2.35. The molecule has 1 aromatic carbocycles. The second kappa shape index (κ2) is 5.13. The maximum Gasteiger partial charge on any atom is 0.177 e. The van der Waals surface area contributed by atoms with Gasteiger partial charge in [-0.05, 0) is 23.7 Å². The summed E-state index contributed by atoms with van der Waals surface area (Å²) in [4.78, 5) is 0.179. The highest BCUT2D eigenvalue weighted by Gasteiger charge is 2.15. The molecule has 2 N–H and O–H groups in total. The van der Waals surface area contributed by atoms with Gasteiger partial charge >= 0.3 is 0 Å². The lowest BCUT2D eigenvalue weighted by molar-refractivity contribution is 0.602. The Bertz CT molecular complexity index is 812. The van der Waals surface area contributed by atoms with Gasteiger partial charge in [-0.25, -0.2) is 8.42 Å². The fraction of sp³-hybridized carbons (Fsp3) is 0.0909. The largest absolute Gasteiger partial charge is 0.344 e. The van der Waals surface area contributed by atoms with Crippen LogP contribution >= 0.6 is 23.8 Å². The summed E-state index contributed by atoms with van der Waals surface area (Å²) in [6.07, 6.45) is 1.14. The molecule has 0 unspecified atom stereocenters. The molecule has 0 atom stereocenters. The Morgan fingerprint density at radius 2 is 2.11 bits per heavy atom. The van der Waals surface area contributed by atoms with Crippen LogP contribution in [-0.4, -0.2) is 19.0 Å². The molecular weight excluding hydrogens is 302 g/mol. The molecule has 0 fully saturated rings. The summed E-state index contributed by atoms with van der Waals surface area (Å²) in [5.41, 5.74) is 0.732. The van der Waals surface area contributed by atoms with Crippen LogP contribution in [0.2, 0.25) is 0 Å². The van der Waals surface area contributed by atoms with E-state index in [9.17, 15) is 8.42 Å². The molecular formula is C11H9N3O2S3. The van der Waals surface area contributed by atoms with E-state index in [1.807, 2.05) is 6.07 Å². The van der Waals surface area contributed by atoms with E-state index >= 15 is 0 Å². The van der Waals surface area contributed by atoms with Crippen LogP contribution in [0.25, 0.3) is 0 Å². The Morgan fingerprint density at radius 3 is 2.74 bits per heavy atom. The Morgan fingerprint density at radius 1 is 1.42 bits per heavy atom. The van der Waals surface area contributed by atoms with Crippen molar-refractivity contribution in [3.8, 4) is 6.07 Å². The zero-order valence-corrected chi connectivity index (χ0v) is 12.2. The summed E-state index contributed by atoms with van der Waals surface area (Å²) in [5, 5.41) is 12.4. The van der Waals surface area contributed by atoms with Crippen LogP contribution in [0.5, 0.6) is 0 Å². The number of hydrogen-bond acceptors (Lipinski definition) is 6. The van der Waals surface area contributed by atoms with Crippen molar-refractivity contribution in [2.45, 2.75) is 4.90 Å². The van der Waals surface area contributed by atoms with Gasteiger partial charge in [0.15, 0.2) is 9.84 Å². The van der Waals surface area contributed by atoms with E-state index in [-0.39, 0.29) is 4.90 Å². The average Bonchev–Trinajstić information content (AvgIpc) is 2.69. The number of nitrogens with one attached hydrogen (secondary N) is 2. The van der Waals surface area contributed by atoms with Crippen LogP contribution in [0.15, 0.2) is 29.2 Å². The van der Waals surface area contributed by atoms with E-state index in [2.05, 4.69) is 9.69 Å². The van der Waals surface area contributed by atoms with Gasteiger partial charge in [-0.2, -0.15) is 5.26 Å². The van der Waals surface area contributed by atoms with Crippen molar-refractivity contribution in [2.75, 3.05) is 11.6 Å². The standard InChI is InChI=1S/C11H9N3O2S3/c1-19(15,16)9-5-3-2-4-8(9)13-11-7(6-12)10(17)14-18-11/h2-5,13H,1H3,(H,14,17). The lowest BCUT2D eigenvalue weighted by Gasteiger charge is -2.08.